The van der Waals surface area contributed by atoms with Gasteiger partial charge >= 0.3 is 0 Å². The monoisotopic (exact) mass is 240 g/mol. The number of aliphatic hydroxyl groups is 1. The summed E-state index contributed by atoms with van der Waals surface area (Å²) in [5, 5.41) is 16.7. The number of rotatable bonds is 7. The Kier molecular flexibility index (Phi) is 4.65. The summed E-state index contributed by atoms with van der Waals surface area (Å²) in [5.74, 6) is -0.355. The fourth-order valence-corrected chi connectivity index (χ4v) is 1.33. The molecule has 0 radical (unpaired) electrons. The van der Waals surface area contributed by atoms with Gasteiger partial charge in [0.25, 0.3) is 0 Å². The maximum Gasteiger partial charge on any atom is 0.224 e. The highest BCUT2D eigenvalue weighted by molar-refractivity contribution is 5.80. The van der Waals surface area contributed by atoms with Crippen molar-refractivity contribution in [3.05, 3.63) is 18.5 Å². The average molecular weight is 240 g/mol. The van der Waals surface area contributed by atoms with Gasteiger partial charge in [0, 0.05) is 25.5 Å². The minimum atomic E-state index is -0.606. The first kappa shape index (κ1) is 13.7. The molecule has 0 saturated heterocycles. The van der Waals surface area contributed by atoms with Crippen LogP contribution in [0, 0.1) is 5.41 Å². The summed E-state index contributed by atoms with van der Waals surface area (Å²) in [6, 6.07) is 1.80. The fraction of sp³-hybridized carbons (Fsp3) is 0.636. The average Bonchev–Trinajstić information content (AvgIpc) is 2.69. The molecule has 0 aromatic carbocycles. The molecule has 0 spiro atoms. The van der Waals surface area contributed by atoms with E-state index in [0.717, 1.165) is 0 Å². The molecular weight excluding hydrogens is 220 g/mol. The summed E-state index contributed by atoms with van der Waals surface area (Å²) in [5.41, 5.74) is 4.64. The van der Waals surface area contributed by atoms with Gasteiger partial charge in [0.2, 0.25) is 5.91 Å². The fourth-order valence-electron chi connectivity index (χ4n) is 1.33. The van der Waals surface area contributed by atoms with Crippen LogP contribution in [-0.4, -0.2) is 40.0 Å². The van der Waals surface area contributed by atoms with E-state index >= 15 is 0 Å². The second kappa shape index (κ2) is 5.79. The number of carbonyl (C=O) groups is 1. The zero-order chi connectivity index (χ0) is 12.9. The van der Waals surface area contributed by atoms with Gasteiger partial charge in [-0.05, 0) is 19.9 Å². The molecule has 1 aromatic heterocycles. The van der Waals surface area contributed by atoms with Crippen LogP contribution in [0.15, 0.2) is 18.5 Å². The molecule has 6 nitrogen and oxygen atoms in total. The van der Waals surface area contributed by atoms with Crippen LogP contribution in [0.4, 0.5) is 0 Å². The molecule has 17 heavy (non-hydrogen) atoms. The maximum atomic E-state index is 11.1. The number of aromatic nitrogens is 2. The molecule has 0 aliphatic carbocycles. The normalized spacial score (nSPS) is 13.6. The highest BCUT2D eigenvalue weighted by atomic mass is 16.3. The molecular formula is C11H20N4O2. The SMILES string of the molecule is CC(C)(CNCC(O)Cn1cccn1)C(N)=O. The standard InChI is InChI=1S/C11H20N4O2/c1-11(2,10(12)17)8-13-6-9(16)7-15-5-3-4-14-15/h3-5,9,13,16H,6-8H2,1-2H3,(H2,12,17). The highest BCUT2D eigenvalue weighted by Crippen LogP contribution is 2.11. The van der Waals surface area contributed by atoms with Crippen LogP contribution in [0.2, 0.25) is 0 Å². The molecule has 0 bridgehead atoms. The van der Waals surface area contributed by atoms with E-state index in [4.69, 9.17) is 5.73 Å². The van der Waals surface area contributed by atoms with Gasteiger partial charge in [-0.25, -0.2) is 0 Å². The summed E-state index contributed by atoms with van der Waals surface area (Å²) < 4.78 is 1.66. The number of hydrogen-bond acceptors (Lipinski definition) is 4. The predicted molar refractivity (Wildman–Crippen MR) is 64.1 cm³/mol. The van der Waals surface area contributed by atoms with E-state index in [2.05, 4.69) is 10.4 Å². The van der Waals surface area contributed by atoms with Crippen molar-refractivity contribution in [2.75, 3.05) is 13.1 Å². The van der Waals surface area contributed by atoms with Gasteiger partial charge in [-0.2, -0.15) is 5.10 Å². The summed E-state index contributed by atoms with van der Waals surface area (Å²) in [6.45, 7) is 4.80. The number of nitrogens with zero attached hydrogens (tertiary/aromatic N) is 2. The molecule has 1 heterocycles. The lowest BCUT2D eigenvalue weighted by Gasteiger charge is -2.22. The van der Waals surface area contributed by atoms with Gasteiger partial charge in [-0.15, -0.1) is 0 Å². The molecule has 0 aliphatic rings. The van der Waals surface area contributed by atoms with Crippen molar-refractivity contribution < 1.29 is 9.90 Å². The number of primary amides is 1. The van der Waals surface area contributed by atoms with Crippen molar-refractivity contribution in [1.29, 1.82) is 0 Å². The number of nitrogens with one attached hydrogen (secondary N) is 1. The molecule has 1 rings (SSSR count). The van der Waals surface area contributed by atoms with E-state index in [1.54, 1.807) is 37.0 Å². The zero-order valence-electron chi connectivity index (χ0n) is 10.3. The molecule has 0 fully saturated rings. The number of nitrogens with two attached hydrogens (primary N) is 1. The van der Waals surface area contributed by atoms with Crippen LogP contribution in [-0.2, 0) is 11.3 Å². The Labute approximate surface area is 101 Å². The summed E-state index contributed by atoms with van der Waals surface area (Å²) in [7, 11) is 0. The first-order chi connectivity index (χ1) is 7.92. The minimum absolute atomic E-state index is 0.355. The summed E-state index contributed by atoms with van der Waals surface area (Å²) in [6.07, 6.45) is 2.91. The molecule has 1 aromatic rings. The van der Waals surface area contributed by atoms with E-state index in [9.17, 15) is 9.90 Å². The summed E-state index contributed by atoms with van der Waals surface area (Å²) >= 11 is 0. The lowest BCUT2D eigenvalue weighted by Crippen LogP contribution is -2.43. The van der Waals surface area contributed by atoms with Gasteiger partial charge in [-0.1, -0.05) is 0 Å². The topological polar surface area (TPSA) is 93.2 Å². The molecule has 1 atom stereocenters. The van der Waals surface area contributed by atoms with Gasteiger partial charge < -0.3 is 16.2 Å². The molecule has 96 valence electrons. The van der Waals surface area contributed by atoms with Crippen molar-refractivity contribution in [2.45, 2.75) is 26.5 Å². The van der Waals surface area contributed by atoms with Crippen molar-refractivity contribution >= 4 is 5.91 Å². The Bertz CT molecular complexity index is 348. The van der Waals surface area contributed by atoms with Crippen LogP contribution in [0.3, 0.4) is 0 Å². The second-order valence-corrected chi connectivity index (χ2v) is 4.76. The van der Waals surface area contributed by atoms with E-state index < -0.39 is 11.5 Å². The maximum absolute atomic E-state index is 11.1. The van der Waals surface area contributed by atoms with Crippen LogP contribution in [0.1, 0.15) is 13.8 Å². The van der Waals surface area contributed by atoms with Crippen molar-refractivity contribution in [3.8, 4) is 0 Å². The molecule has 0 saturated carbocycles. The Hall–Kier alpha value is -1.40. The molecule has 4 N–H and O–H groups in total. The molecule has 1 unspecified atom stereocenters. The van der Waals surface area contributed by atoms with Gasteiger partial charge in [-0.3, -0.25) is 9.48 Å². The largest absolute Gasteiger partial charge is 0.390 e. The zero-order valence-corrected chi connectivity index (χ0v) is 10.3. The highest BCUT2D eigenvalue weighted by Gasteiger charge is 2.24. The Morgan fingerprint density at radius 3 is 2.88 bits per heavy atom. The smallest absolute Gasteiger partial charge is 0.224 e. The predicted octanol–water partition coefficient (Wildman–Crippen LogP) is -0.655. The number of amides is 1. The molecule has 6 heteroatoms. The van der Waals surface area contributed by atoms with Crippen LogP contribution in [0.25, 0.3) is 0 Å². The third-order valence-corrected chi connectivity index (χ3v) is 2.57. The van der Waals surface area contributed by atoms with Crippen LogP contribution >= 0.6 is 0 Å². The first-order valence-electron chi connectivity index (χ1n) is 5.58. The van der Waals surface area contributed by atoms with E-state index in [1.165, 1.54) is 0 Å². The van der Waals surface area contributed by atoms with Gasteiger partial charge in [0.1, 0.15) is 0 Å². The first-order valence-corrected chi connectivity index (χ1v) is 5.58. The Morgan fingerprint density at radius 1 is 1.65 bits per heavy atom. The van der Waals surface area contributed by atoms with E-state index in [0.29, 0.717) is 19.6 Å². The number of carbonyl (C=O) groups excluding carboxylic acids is 1. The van der Waals surface area contributed by atoms with Crippen LogP contribution in [0.5, 0.6) is 0 Å². The number of hydrogen-bond donors (Lipinski definition) is 3. The molecule has 1 amide bonds. The van der Waals surface area contributed by atoms with Gasteiger partial charge in [0.15, 0.2) is 0 Å². The van der Waals surface area contributed by atoms with E-state index in [-0.39, 0.29) is 5.91 Å². The van der Waals surface area contributed by atoms with Gasteiger partial charge in [0.05, 0.1) is 18.1 Å². The van der Waals surface area contributed by atoms with Crippen molar-refractivity contribution in [1.82, 2.24) is 15.1 Å². The Morgan fingerprint density at radius 2 is 2.35 bits per heavy atom. The number of aliphatic hydroxyl groups excluding tert-OH is 1. The lowest BCUT2D eigenvalue weighted by molar-refractivity contribution is -0.125. The third kappa shape index (κ3) is 4.54. The lowest BCUT2D eigenvalue weighted by atomic mass is 9.93. The van der Waals surface area contributed by atoms with Crippen molar-refractivity contribution in [2.24, 2.45) is 11.1 Å². The Balaban J connectivity index is 2.25. The minimum Gasteiger partial charge on any atom is -0.390 e. The van der Waals surface area contributed by atoms with Crippen molar-refractivity contribution in [3.63, 3.8) is 0 Å². The van der Waals surface area contributed by atoms with E-state index in [1.807, 2.05) is 0 Å². The quantitative estimate of drug-likeness (QED) is 0.590. The summed E-state index contributed by atoms with van der Waals surface area (Å²) in [4.78, 5) is 11.1. The van der Waals surface area contributed by atoms with Crippen LogP contribution < -0.4 is 11.1 Å². The third-order valence-electron chi connectivity index (χ3n) is 2.57. The second-order valence-electron chi connectivity index (χ2n) is 4.76. The molecule has 0 aliphatic heterocycles.